The number of Topliss-reactive ketones (excluding diaryl/α,β-unsaturated/α-hetero) is 1. The molecular formula is C29H31N3O3S. The Morgan fingerprint density at radius 3 is 2.61 bits per heavy atom. The molecule has 1 aromatic heterocycles. The Kier molecular flexibility index (Phi) is 6.58. The third-order valence-electron chi connectivity index (χ3n) is 6.79. The van der Waals surface area contributed by atoms with Crippen LogP contribution >= 0.6 is 11.3 Å². The van der Waals surface area contributed by atoms with E-state index in [1.54, 1.807) is 18.4 Å². The Bertz CT molecular complexity index is 1300. The molecule has 2 aliphatic rings. The summed E-state index contributed by atoms with van der Waals surface area (Å²) < 4.78 is 5.38. The molecule has 0 saturated carbocycles. The van der Waals surface area contributed by atoms with E-state index in [1.165, 1.54) is 0 Å². The van der Waals surface area contributed by atoms with Crippen molar-refractivity contribution in [2.75, 3.05) is 23.9 Å². The van der Waals surface area contributed by atoms with Crippen molar-refractivity contribution in [2.45, 2.75) is 39.3 Å². The van der Waals surface area contributed by atoms with Crippen LogP contribution in [0.25, 0.3) is 0 Å². The van der Waals surface area contributed by atoms with E-state index in [0.717, 1.165) is 45.3 Å². The van der Waals surface area contributed by atoms with Crippen LogP contribution in [0.1, 0.15) is 43.2 Å². The summed E-state index contributed by atoms with van der Waals surface area (Å²) in [6.45, 7) is 4.86. The number of carbonyl (C=O) groups is 2. The number of ether oxygens (including phenoxy) is 1. The van der Waals surface area contributed by atoms with E-state index in [0.29, 0.717) is 13.0 Å². The van der Waals surface area contributed by atoms with Crippen LogP contribution in [-0.4, -0.2) is 25.3 Å². The van der Waals surface area contributed by atoms with Crippen LogP contribution in [-0.2, 0) is 16.1 Å². The summed E-state index contributed by atoms with van der Waals surface area (Å²) in [5, 5.41) is 8.65. The second kappa shape index (κ2) is 9.82. The van der Waals surface area contributed by atoms with Crippen LogP contribution in [0.2, 0.25) is 0 Å². The van der Waals surface area contributed by atoms with Crippen LogP contribution in [0.5, 0.6) is 5.75 Å². The number of rotatable bonds is 6. The summed E-state index contributed by atoms with van der Waals surface area (Å²) in [7, 11) is 1.64. The molecule has 1 amide bonds. The molecule has 1 atom stereocenters. The van der Waals surface area contributed by atoms with Gasteiger partial charge < -0.3 is 20.3 Å². The Balaban J connectivity index is 1.60. The molecule has 2 heterocycles. The molecule has 2 aromatic carbocycles. The van der Waals surface area contributed by atoms with E-state index >= 15 is 0 Å². The SMILES string of the molecule is COc1ccc(C2C3=C(CC(C)(C)CC3=O)Nc3ccccc3N2CC(=O)NCc2cccs2)cc1. The van der Waals surface area contributed by atoms with Gasteiger partial charge in [-0.25, -0.2) is 0 Å². The highest BCUT2D eigenvalue weighted by Crippen LogP contribution is 2.48. The number of anilines is 2. The van der Waals surface area contributed by atoms with Gasteiger partial charge in [0.1, 0.15) is 5.75 Å². The van der Waals surface area contributed by atoms with Crippen molar-refractivity contribution in [1.29, 1.82) is 0 Å². The number of thiophene rings is 1. The second-order valence-corrected chi connectivity index (χ2v) is 11.2. The van der Waals surface area contributed by atoms with Crippen molar-refractivity contribution in [3.63, 3.8) is 0 Å². The first kappa shape index (κ1) is 24.1. The largest absolute Gasteiger partial charge is 0.497 e. The Hall–Kier alpha value is -3.58. The van der Waals surface area contributed by atoms with Gasteiger partial charge in [0, 0.05) is 22.6 Å². The smallest absolute Gasteiger partial charge is 0.239 e. The Morgan fingerprint density at radius 2 is 1.89 bits per heavy atom. The van der Waals surface area contributed by atoms with Crippen LogP contribution in [0.3, 0.4) is 0 Å². The predicted molar refractivity (Wildman–Crippen MR) is 144 cm³/mol. The van der Waals surface area contributed by atoms with Crippen molar-refractivity contribution in [2.24, 2.45) is 5.41 Å². The first-order valence-corrected chi connectivity index (χ1v) is 13.0. The highest BCUT2D eigenvalue weighted by atomic mass is 32.1. The lowest BCUT2D eigenvalue weighted by atomic mass is 9.73. The standard InChI is InChI=1S/C29H31N3O3S/c1-29(2)15-23-27(25(33)16-29)28(19-10-12-20(35-3)13-11-19)32(24-9-5-4-8-22(24)31-23)18-26(34)30-17-21-7-6-14-36-21/h4-14,28,31H,15-18H2,1-3H3,(H,30,34). The van der Waals surface area contributed by atoms with E-state index in [-0.39, 0.29) is 23.7 Å². The number of hydrogen-bond acceptors (Lipinski definition) is 6. The minimum Gasteiger partial charge on any atom is -0.497 e. The fraction of sp³-hybridized carbons (Fsp3) is 0.310. The maximum absolute atomic E-state index is 13.7. The monoisotopic (exact) mass is 501 g/mol. The van der Waals surface area contributed by atoms with Gasteiger partial charge in [0.2, 0.25) is 5.91 Å². The number of nitrogens with zero attached hydrogens (tertiary/aromatic N) is 1. The number of allylic oxidation sites excluding steroid dienone is 1. The molecule has 7 heteroatoms. The number of hydrogen-bond donors (Lipinski definition) is 2. The molecule has 0 saturated heterocycles. The number of para-hydroxylation sites is 2. The zero-order chi connectivity index (χ0) is 25.3. The van der Waals surface area contributed by atoms with Gasteiger partial charge in [-0.15, -0.1) is 11.3 Å². The summed E-state index contributed by atoms with van der Waals surface area (Å²) in [5.74, 6) is 0.771. The number of methoxy groups -OCH3 is 1. The fourth-order valence-electron chi connectivity index (χ4n) is 5.17. The average Bonchev–Trinajstić information content (AvgIpc) is 3.33. The van der Waals surface area contributed by atoms with Crippen LogP contribution in [0.4, 0.5) is 11.4 Å². The molecule has 0 fully saturated rings. The van der Waals surface area contributed by atoms with Gasteiger partial charge >= 0.3 is 0 Å². The van der Waals surface area contributed by atoms with Crippen molar-refractivity contribution >= 4 is 34.4 Å². The number of carbonyl (C=O) groups excluding carboxylic acids is 2. The average molecular weight is 502 g/mol. The molecule has 186 valence electrons. The molecule has 0 radical (unpaired) electrons. The van der Waals surface area contributed by atoms with E-state index in [1.807, 2.05) is 66.0 Å². The molecule has 1 unspecified atom stereocenters. The van der Waals surface area contributed by atoms with Crippen LogP contribution in [0.15, 0.2) is 77.3 Å². The van der Waals surface area contributed by atoms with E-state index in [9.17, 15) is 9.59 Å². The molecular weight excluding hydrogens is 470 g/mol. The summed E-state index contributed by atoms with van der Waals surface area (Å²) in [6.07, 6.45) is 1.22. The van der Waals surface area contributed by atoms with Crippen LogP contribution in [0, 0.1) is 5.41 Å². The molecule has 5 rings (SSSR count). The Morgan fingerprint density at radius 1 is 1.11 bits per heavy atom. The topological polar surface area (TPSA) is 70.7 Å². The number of fused-ring (bicyclic) bond motifs is 1. The predicted octanol–water partition coefficient (Wildman–Crippen LogP) is 5.69. The lowest BCUT2D eigenvalue weighted by Gasteiger charge is -2.37. The third kappa shape index (κ3) is 4.88. The molecule has 1 aliphatic carbocycles. The van der Waals surface area contributed by atoms with Gasteiger partial charge in [-0.3, -0.25) is 9.59 Å². The van der Waals surface area contributed by atoms with Gasteiger partial charge in [0.05, 0.1) is 37.6 Å². The molecule has 6 nitrogen and oxygen atoms in total. The van der Waals surface area contributed by atoms with Gasteiger partial charge in [0.15, 0.2) is 5.78 Å². The summed E-state index contributed by atoms with van der Waals surface area (Å²) in [6, 6.07) is 19.4. The zero-order valence-electron chi connectivity index (χ0n) is 20.8. The lowest BCUT2D eigenvalue weighted by Crippen LogP contribution is -2.41. The number of nitrogens with one attached hydrogen (secondary N) is 2. The molecule has 3 aromatic rings. The number of benzene rings is 2. The second-order valence-electron chi connectivity index (χ2n) is 10.1. The van der Waals surface area contributed by atoms with Crippen molar-refractivity contribution in [1.82, 2.24) is 5.32 Å². The molecule has 1 aliphatic heterocycles. The van der Waals surface area contributed by atoms with Crippen molar-refractivity contribution in [3.8, 4) is 5.75 Å². The van der Waals surface area contributed by atoms with E-state index in [2.05, 4.69) is 29.4 Å². The lowest BCUT2D eigenvalue weighted by molar-refractivity contribution is -0.120. The molecule has 36 heavy (non-hydrogen) atoms. The quantitative estimate of drug-likeness (QED) is 0.454. The number of ketones is 1. The maximum Gasteiger partial charge on any atom is 0.239 e. The highest BCUT2D eigenvalue weighted by molar-refractivity contribution is 7.09. The Labute approximate surface area is 216 Å². The van der Waals surface area contributed by atoms with Crippen LogP contribution < -0.4 is 20.3 Å². The van der Waals surface area contributed by atoms with E-state index in [4.69, 9.17) is 4.74 Å². The van der Waals surface area contributed by atoms with Gasteiger partial charge in [0.25, 0.3) is 0 Å². The molecule has 0 spiro atoms. The highest BCUT2D eigenvalue weighted by Gasteiger charge is 2.41. The summed E-state index contributed by atoms with van der Waals surface area (Å²) in [5.41, 5.74) is 4.27. The van der Waals surface area contributed by atoms with Gasteiger partial charge in [-0.2, -0.15) is 0 Å². The van der Waals surface area contributed by atoms with Gasteiger partial charge in [-0.1, -0.05) is 44.2 Å². The first-order chi connectivity index (χ1) is 17.3. The molecule has 0 bridgehead atoms. The fourth-order valence-corrected chi connectivity index (χ4v) is 5.81. The van der Waals surface area contributed by atoms with Gasteiger partial charge in [-0.05, 0) is 53.1 Å². The normalized spacial score (nSPS) is 18.6. The minimum atomic E-state index is -0.404. The van der Waals surface area contributed by atoms with Crippen molar-refractivity contribution in [3.05, 3.63) is 87.8 Å². The third-order valence-corrected chi connectivity index (χ3v) is 7.67. The van der Waals surface area contributed by atoms with Crippen molar-refractivity contribution < 1.29 is 14.3 Å². The first-order valence-electron chi connectivity index (χ1n) is 12.2. The maximum atomic E-state index is 13.7. The zero-order valence-corrected chi connectivity index (χ0v) is 21.7. The summed E-state index contributed by atoms with van der Waals surface area (Å²) in [4.78, 5) is 30.1. The van der Waals surface area contributed by atoms with E-state index < -0.39 is 6.04 Å². The minimum absolute atomic E-state index is 0.0932. The summed E-state index contributed by atoms with van der Waals surface area (Å²) >= 11 is 1.62. The molecule has 2 N–H and O–H groups in total. The number of amides is 1.